The summed E-state index contributed by atoms with van der Waals surface area (Å²) in [6, 6.07) is 4.12. The Kier molecular flexibility index (Phi) is 7.75. The molecular weight excluding hydrogens is 470 g/mol. The van der Waals surface area contributed by atoms with Crippen molar-refractivity contribution in [3.8, 4) is 11.5 Å². The molecule has 180 valence electrons. The van der Waals surface area contributed by atoms with Gasteiger partial charge in [0.15, 0.2) is 11.5 Å². The maximum atomic E-state index is 6.23. The highest BCUT2D eigenvalue weighted by atomic mass is 79.9. The minimum Gasteiger partial charge on any atom is -0.493 e. The Morgan fingerprint density at radius 1 is 1.06 bits per heavy atom. The van der Waals surface area contributed by atoms with E-state index in [2.05, 4.69) is 35.8 Å². The van der Waals surface area contributed by atoms with Gasteiger partial charge in [0.25, 0.3) is 0 Å². The predicted octanol–water partition coefficient (Wildman–Crippen LogP) is 5.29. The topological polar surface area (TPSA) is 36.9 Å². The first-order chi connectivity index (χ1) is 15.4. The quantitative estimate of drug-likeness (QED) is 0.316. The summed E-state index contributed by atoms with van der Waals surface area (Å²) in [5.41, 5.74) is 1.81. The standard InChI is InChI=1S/C26H41BrNO4/c1-26(2)21-6-5-19(22(26)16-21)7-11-31-12-8-28(9-13-32-14-10-28)18-20-15-24(29-3)25(30-4)17-23(20)27/h15,17,19,21-22H,5-14,16,18H2,1-4H3/q+1/t19-,21-,22+/m0/s1. The molecule has 0 radical (unpaired) electrons. The molecule has 3 aliphatic carbocycles. The van der Waals surface area contributed by atoms with Crippen molar-refractivity contribution in [2.45, 2.75) is 46.1 Å². The van der Waals surface area contributed by atoms with Crippen molar-refractivity contribution < 1.29 is 23.4 Å². The molecule has 3 saturated carbocycles. The van der Waals surface area contributed by atoms with Crippen LogP contribution in [0.2, 0.25) is 0 Å². The zero-order valence-electron chi connectivity index (χ0n) is 20.3. The monoisotopic (exact) mass is 510 g/mol. The van der Waals surface area contributed by atoms with E-state index in [1.54, 1.807) is 14.2 Å². The van der Waals surface area contributed by atoms with Gasteiger partial charge >= 0.3 is 0 Å². The van der Waals surface area contributed by atoms with Gasteiger partial charge in [-0.05, 0) is 61.0 Å². The summed E-state index contributed by atoms with van der Waals surface area (Å²) in [5, 5.41) is 0. The molecule has 1 saturated heterocycles. The summed E-state index contributed by atoms with van der Waals surface area (Å²) in [6.07, 6.45) is 5.52. The fraction of sp³-hybridized carbons (Fsp3) is 0.769. The summed E-state index contributed by atoms with van der Waals surface area (Å²) in [6.45, 7) is 12.3. The normalized spacial score (nSPS) is 28.1. The van der Waals surface area contributed by atoms with Crippen LogP contribution in [-0.4, -0.2) is 64.8 Å². The van der Waals surface area contributed by atoms with Gasteiger partial charge in [0.1, 0.15) is 26.2 Å². The second-order valence-corrected chi connectivity index (χ2v) is 11.5. The van der Waals surface area contributed by atoms with Crippen molar-refractivity contribution >= 4 is 15.9 Å². The highest BCUT2D eigenvalue weighted by Crippen LogP contribution is 2.61. The Hall–Kier alpha value is -0.820. The molecule has 0 unspecified atom stereocenters. The van der Waals surface area contributed by atoms with E-state index in [0.29, 0.717) is 5.41 Å². The van der Waals surface area contributed by atoms with Gasteiger partial charge in [-0.25, -0.2) is 0 Å². The van der Waals surface area contributed by atoms with E-state index in [4.69, 9.17) is 18.9 Å². The number of fused-ring (bicyclic) bond motifs is 2. The first-order valence-electron chi connectivity index (χ1n) is 12.3. The van der Waals surface area contributed by atoms with E-state index in [1.807, 2.05) is 6.07 Å². The molecule has 2 bridgehead atoms. The van der Waals surface area contributed by atoms with Crippen LogP contribution in [0.25, 0.3) is 0 Å². The molecule has 1 heterocycles. The van der Waals surface area contributed by atoms with Crippen molar-refractivity contribution in [2.24, 2.45) is 23.2 Å². The summed E-state index contributed by atoms with van der Waals surface area (Å²) in [4.78, 5) is 0. The molecule has 0 N–H and O–H groups in total. The predicted molar refractivity (Wildman–Crippen MR) is 130 cm³/mol. The lowest BCUT2D eigenvalue weighted by atomic mass is 9.45. The maximum Gasteiger partial charge on any atom is 0.161 e. The molecule has 5 nitrogen and oxygen atoms in total. The van der Waals surface area contributed by atoms with Crippen LogP contribution in [-0.2, 0) is 16.0 Å². The number of rotatable bonds is 10. The van der Waals surface area contributed by atoms with Crippen molar-refractivity contribution in [1.29, 1.82) is 0 Å². The third-order valence-electron chi connectivity index (χ3n) is 8.82. The van der Waals surface area contributed by atoms with Gasteiger partial charge < -0.3 is 23.4 Å². The van der Waals surface area contributed by atoms with E-state index >= 15 is 0 Å². The molecule has 0 aromatic heterocycles. The molecule has 1 aromatic rings. The number of quaternary nitrogens is 1. The molecule has 0 amide bonds. The largest absolute Gasteiger partial charge is 0.493 e. The number of nitrogens with zero attached hydrogens (tertiary/aromatic N) is 1. The number of morpholine rings is 1. The Morgan fingerprint density at radius 3 is 2.44 bits per heavy atom. The number of benzene rings is 1. The van der Waals surface area contributed by atoms with Crippen LogP contribution < -0.4 is 9.47 Å². The number of hydrogen-bond donors (Lipinski definition) is 0. The van der Waals surface area contributed by atoms with E-state index in [1.165, 1.54) is 31.2 Å². The van der Waals surface area contributed by atoms with Crippen LogP contribution >= 0.6 is 15.9 Å². The molecule has 5 rings (SSSR count). The molecule has 1 aliphatic heterocycles. The average molecular weight is 512 g/mol. The van der Waals surface area contributed by atoms with Gasteiger partial charge in [0.2, 0.25) is 0 Å². The molecule has 6 heteroatoms. The lowest BCUT2D eigenvalue weighted by molar-refractivity contribution is -0.947. The highest BCUT2D eigenvalue weighted by Gasteiger charge is 2.53. The number of hydrogen-bond acceptors (Lipinski definition) is 4. The Labute approximate surface area is 202 Å². The van der Waals surface area contributed by atoms with Crippen LogP contribution in [0.4, 0.5) is 0 Å². The summed E-state index contributed by atoms with van der Waals surface area (Å²) >= 11 is 3.75. The van der Waals surface area contributed by atoms with E-state index in [-0.39, 0.29) is 0 Å². The molecule has 3 atom stereocenters. The first kappa shape index (κ1) is 24.3. The molecule has 32 heavy (non-hydrogen) atoms. The van der Waals surface area contributed by atoms with E-state index in [9.17, 15) is 0 Å². The number of methoxy groups -OCH3 is 2. The van der Waals surface area contributed by atoms with Crippen LogP contribution in [0.5, 0.6) is 11.5 Å². The third-order valence-corrected chi connectivity index (χ3v) is 9.56. The summed E-state index contributed by atoms with van der Waals surface area (Å²) < 4.78 is 25.0. The molecule has 1 aromatic carbocycles. The van der Waals surface area contributed by atoms with Crippen LogP contribution in [0, 0.1) is 23.2 Å². The smallest absolute Gasteiger partial charge is 0.161 e. The zero-order chi connectivity index (χ0) is 22.8. The van der Waals surface area contributed by atoms with Crippen molar-refractivity contribution in [3.63, 3.8) is 0 Å². The molecule has 0 spiro atoms. The average Bonchev–Trinajstić information content (AvgIpc) is 2.80. The first-order valence-corrected chi connectivity index (χ1v) is 13.1. The van der Waals surface area contributed by atoms with Gasteiger partial charge in [-0.15, -0.1) is 0 Å². The van der Waals surface area contributed by atoms with Crippen LogP contribution in [0.3, 0.4) is 0 Å². The zero-order valence-corrected chi connectivity index (χ0v) is 21.9. The van der Waals surface area contributed by atoms with E-state index in [0.717, 1.165) is 90.8 Å². The van der Waals surface area contributed by atoms with Crippen molar-refractivity contribution in [1.82, 2.24) is 0 Å². The maximum absolute atomic E-state index is 6.23. The Balaban J connectivity index is 1.32. The minimum absolute atomic E-state index is 0.568. The third kappa shape index (κ3) is 4.98. The van der Waals surface area contributed by atoms with Gasteiger partial charge in [-0.1, -0.05) is 29.8 Å². The number of ether oxygens (including phenoxy) is 4. The highest BCUT2D eigenvalue weighted by molar-refractivity contribution is 9.10. The van der Waals surface area contributed by atoms with Gasteiger partial charge in [-0.2, -0.15) is 0 Å². The van der Waals surface area contributed by atoms with Crippen LogP contribution in [0.15, 0.2) is 16.6 Å². The minimum atomic E-state index is 0.568. The van der Waals surface area contributed by atoms with Crippen LogP contribution in [0.1, 0.15) is 45.1 Å². The second-order valence-electron chi connectivity index (χ2n) is 10.7. The Morgan fingerprint density at radius 2 is 1.78 bits per heavy atom. The second kappa shape index (κ2) is 10.2. The van der Waals surface area contributed by atoms with Gasteiger partial charge in [0, 0.05) is 16.6 Å². The van der Waals surface area contributed by atoms with Gasteiger partial charge in [0.05, 0.1) is 34.0 Å². The summed E-state index contributed by atoms with van der Waals surface area (Å²) in [7, 11) is 3.37. The fourth-order valence-corrected chi connectivity index (χ4v) is 6.92. The lowest BCUT2D eigenvalue weighted by Crippen LogP contribution is -2.56. The van der Waals surface area contributed by atoms with Crippen molar-refractivity contribution in [2.75, 3.05) is 60.3 Å². The van der Waals surface area contributed by atoms with E-state index < -0.39 is 0 Å². The number of halogens is 1. The fourth-order valence-electron chi connectivity index (χ4n) is 6.47. The SMILES string of the molecule is COc1cc(Br)c(C[N+]2(CCOCC[C@@H]3CC[C@H]4C[C@H]3C4(C)C)CCOCC2)cc1OC. The molecule has 4 aliphatic rings. The lowest BCUT2D eigenvalue weighted by Gasteiger charge is -2.60. The van der Waals surface area contributed by atoms with Crippen molar-refractivity contribution in [3.05, 3.63) is 22.2 Å². The van der Waals surface area contributed by atoms with Gasteiger partial charge in [-0.3, -0.25) is 0 Å². The molecular formula is C26H41BrNO4+. The molecule has 4 fully saturated rings. The summed E-state index contributed by atoms with van der Waals surface area (Å²) in [5.74, 6) is 4.30. The Bertz CT molecular complexity index is 775.